The summed E-state index contributed by atoms with van der Waals surface area (Å²) in [6.07, 6.45) is 3.60. The lowest BCUT2D eigenvalue weighted by Crippen LogP contribution is -2.34. The molecule has 2 unspecified atom stereocenters. The molecule has 0 aromatic heterocycles. The summed E-state index contributed by atoms with van der Waals surface area (Å²) in [5.41, 5.74) is 1.66. The molecule has 2 rings (SSSR count). The van der Waals surface area contributed by atoms with E-state index < -0.39 is 16.1 Å². The van der Waals surface area contributed by atoms with E-state index in [-0.39, 0.29) is 30.0 Å². The van der Waals surface area contributed by atoms with Gasteiger partial charge in [-0.25, -0.2) is 8.42 Å². The molecule has 0 saturated carbocycles. The summed E-state index contributed by atoms with van der Waals surface area (Å²) >= 11 is 0. The Morgan fingerprint density at radius 2 is 1.84 bits per heavy atom. The second-order valence-corrected chi connectivity index (χ2v) is 9.53. The average Bonchev–Trinajstić information content (AvgIpc) is 2.75. The summed E-state index contributed by atoms with van der Waals surface area (Å²) in [5.74, 6) is -0.439. The molecule has 2 aromatic carbocycles. The lowest BCUT2D eigenvalue weighted by atomic mass is 9.99. The molecule has 0 saturated heterocycles. The van der Waals surface area contributed by atoms with Gasteiger partial charge in [0.1, 0.15) is 5.75 Å². The van der Waals surface area contributed by atoms with Crippen molar-refractivity contribution < 1.29 is 28.2 Å². The van der Waals surface area contributed by atoms with E-state index in [0.29, 0.717) is 12.0 Å². The number of carbonyl (C=O) groups excluding carboxylic acids is 1. The maximum Gasteiger partial charge on any atom is 0.305 e. The number of hydrogen-bond acceptors (Lipinski definition) is 7. The van der Waals surface area contributed by atoms with Crippen LogP contribution >= 0.6 is 0 Å². The zero-order valence-electron chi connectivity index (χ0n) is 18.5. The average molecular weight is 465 g/mol. The van der Waals surface area contributed by atoms with Crippen LogP contribution in [0.5, 0.6) is 5.75 Å². The smallest absolute Gasteiger partial charge is 0.305 e. The molecule has 0 heterocycles. The van der Waals surface area contributed by atoms with Crippen molar-refractivity contribution in [3.63, 3.8) is 0 Å². The SMILES string of the molecule is COC(=O)CCCCC(Cc1ccccc1)NCC(O)c1ccc(O)c(NS(C)(=O)=O)c1. The van der Waals surface area contributed by atoms with Crippen LogP contribution in [0.4, 0.5) is 5.69 Å². The Morgan fingerprint density at radius 3 is 2.50 bits per heavy atom. The van der Waals surface area contributed by atoms with Crippen LogP contribution in [0.25, 0.3) is 0 Å². The van der Waals surface area contributed by atoms with Crippen molar-refractivity contribution in [1.29, 1.82) is 0 Å². The number of carbonyl (C=O) groups is 1. The van der Waals surface area contributed by atoms with Crippen molar-refractivity contribution in [3.8, 4) is 5.75 Å². The van der Waals surface area contributed by atoms with Crippen molar-refractivity contribution in [3.05, 3.63) is 59.7 Å². The Labute approximate surface area is 189 Å². The standard InChI is InChI=1S/C23H32N2O6S/c1-31-23(28)11-7-6-10-19(14-17-8-4-3-5-9-17)24-16-22(27)18-12-13-21(26)20(15-18)25-32(2,29)30/h3-5,8-9,12-13,15,19,22,24-27H,6-7,10-11,14,16H2,1-2H3. The van der Waals surface area contributed by atoms with Gasteiger partial charge < -0.3 is 20.3 Å². The Hall–Kier alpha value is -2.62. The first-order chi connectivity index (χ1) is 15.2. The fraction of sp³-hybridized carbons (Fsp3) is 0.435. The highest BCUT2D eigenvalue weighted by atomic mass is 32.2. The highest BCUT2D eigenvalue weighted by Crippen LogP contribution is 2.28. The minimum absolute atomic E-state index is 0.0210. The topological polar surface area (TPSA) is 125 Å². The lowest BCUT2D eigenvalue weighted by Gasteiger charge is -2.22. The van der Waals surface area contributed by atoms with Crippen LogP contribution < -0.4 is 10.0 Å². The molecule has 9 heteroatoms. The van der Waals surface area contributed by atoms with Gasteiger partial charge in [-0.05, 0) is 42.5 Å². The number of anilines is 1. The van der Waals surface area contributed by atoms with E-state index in [4.69, 9.17) is 0 Å². The van der Waals surface area contributed by atoms with Gasteiger partial charge in [0.2, 0.25) is 10.0 Å². The van der Waals surface area contributed by atoms with Gasteiger partial charge in [-0.3, -0.25) is 9.52 Å². The van der Waals surface area contributed by atoms with E-state index in [1.165, 1.54) is 19.2 Å². The number of esters is 1. The number of unbranched alkanes of at least 4 members (excludes halogenated alkanes) is 1. The fourth-order valence-corrected chi connectivity index (χ4v) is 3.94. The van der Waals surface area contributed by atoms with Crippen LogP contribution in [0.15, 0.2) is 48.5 Å². The normalized spacial score (nSPS) is 13.3. The van der Waals surface area contributed by atoms with E-state index in [2.05, 4.69) is 14.8 Å². The summed E-state index contributed by atoms with van der Waals surface area (Å²) in [4.78, 5) is 11.3. The van der Waals surface area contributed by atoms with E-state index in [9.17, 15) is 23.4 Å². The Balaban J connectivity index is 2.00. The Bertz CT molecular complexity index is 966. The van der Waals surface area contributed by atoms with Gasteiger partial charge in [0.05, 0.1) is 25.2 Å². The lowest BCUT2D eigenvalue weighted by molar-refractivity contribution is -0.140. The fourth-order valence-electron chi connectivity index (χ4n) is 3.38. The van der Waals surface area contributed by atoms with Gasteiger partial charge in [-0.15, -0.1) is 0 Å². The number of aliphatic hydroxyl groups excluding tert-OH is 1. The molecule has 32 heavy (non-hydrogen) atoms. The summed E-state index contributed by atoms with van der Waals surface area (Å²) in [6.45, 7) is 0.248. The predicted molar refractivity (Wildman–Crippen MR) is 124 cm³/mol. The van der Waals surface area contributed by atoms with Crippen LogP contribution in [-0.4, -0.2) is 50.6 Å². The number of sulfonamides is 1. The van der Waals surface area contributed by atoms with E-state index in [0.717, 1.165) is 37.5 Å². The first-order valence-corrected chi connectivity index (χ1v) is 12.4. The number of nitrogens with one attached hydrogen (secondary N) is 2. The minimum Gasteiger partial charge on any atom is -0.506 e. The molecule has 0 aliphatic carbocycles. The number of rotatable bonds is 13. The van der Waals surface area contributed by atoms with Crippen LogP contribution in [0.2, 0.25) is 0 Å². The highest BCUT2D eigenvalue weighted by molar-refractivity contribution is 7.92. The first kappa shape index (κ1) is 25.6. The zero-order valence-corrected chi connectivity index (χ0v) is 19.3. The summed E-state index contributed by atoms with van der Waals surface area (Å²) in [7, 11) is -2.18. The van der Waals surface area contributed by atoms with Crippen molar-refractivity contribution >= 4 is 21.7 Å². The molecule has 0 radical (unpaired) electrons. The van der Waals surface area contributed by atoms with Crippen LogP contribution in [0.3, 0.4) is 0 Å². The molecule has 0 aliphatic rings. The summed E-state index contributed by atoms with van der Waals surface area (Å²) < 4.78 is 29.9. The quantitative estimate of drug-likeness (QED) is 0.204. The van der Waals surface area contributed by atoms with Gasteiger partial charge in [0.15, 0.2) is 0 Å². The number of aliphatic hydroxyl groups is 1. The Morgan fingerprint density at radius 1 is 1.12 bits per heavy atom. The zero-order chi connectivity index (χ0) is 23.6. The summed E-state index contributed by atoms with van der Waals surface area (Å²) in [6, 6.07) is 14.4. The minimum atomic E-state index is -3.56. The molecule has 176 valence electrons. The predicted octanol–water partition coefficient (Wildman–Crippen LogP) is 2.73. The van der Waals surface area contributed by atoms with Crippen LogP contribution in [0.1, 0.15) is 42.9 Å². The van der Waals surface area contributed by atoms with Crippen LogP contribution in [-0.2, 0) is 26.0 Å². The maximum atomic E-state index is 11.5. The molecule has 0 aliphatic heterocycles. The van der Waals surface area contributed by atoms with Crippen molar-refractivity contribution in [2.75, 3.05) is 24.6 Å². The second-order valence-electron chi connectivity index (χ2n) is 7.78. The number of aromatic hydroxyl groups is 1. The molecule has 0 bridgehead atoms. The molecule has 2 aromatic rings. The first-order valence-electron chi connectivity index (χ1n) is 10.5. The third-order valence-corrected chi connectivity index (χ3v) is 5.63. The molecule has 0 amide bonds. The van der Waals surface area contributed by atoms with E-state index in [1.54, 1.807) is 6.07 Å². The number of ether oxygens (including phenoxy) is 1. The van der Waals surface area contributed by atoms with Crippen molar-refractivity contribution in [2.45, 2.75) is 44.2 Å². The number of benzene rings is 2. The van der Waals surface area contributed by atoms with Gasteiger partial charge in [0.25, 0.3) is 0 Å². The molecular weight excluding hydrogens is 432 g/mol. The van der Waals surface area contributed by atoms with Gasteiger partial charge in [0, 0.05) is 19.0 Å². The molecule has 0 fully saturated rings. The van der Waals surface area contributed by atoms with Crippen LogP contribution in [0, 0.1) is 0 Å². The molecule has 2 atom stereocenters. The largest absolute Gasteiger partial charge is 0.506 e. The van der Waals surface area contributed by atoms with Gasteiger partial charge in [-0.2, -0.15) is 0 Å². The number of phenols is 1. The van der Waals surface area contributed by atoms with Crippen molar-refractivity contribution in [1.82, 2.24) is 5.32 Å². The van der Waals surface area contributed by atoms with E-state index in [1.807, 2.05) is 30.3 Å². The van der Waals surface area contributed by atoms with Crippen molar-refractivity contribution in [2.24, 2.45) is 0 Å². The second kappa shape index (κ2) is 12.4. The number of phenolic OH excluding ortho intramolecular Hbond substituents is 1. The molecular formula is C23H32N2O6S. The number of methoxy groups -OCH3 is 1. The monoisotopic (exact) mass is 464 g/mol. The Kier molecular flexibility index (Phi) is 9.96. The van der Waals surface area contributed by atoms with E-state index >= 15 is 0 Å². The third kappa shape index (κ3) is 9.25. The van der Waals surface area contributed by atoms with Gasteiger partial charge >= 0.3 is 5.97 Å². The summed E-state index contributed by atoms with van der Waals surface area (Å²) in [5, 5.41) is 23.9. The highest BCUT2D eigenvalue weighted by Gasteiger charge is 2.16. The van der Waals surface area contributed by atoms with Gasteiger partial charge in [-0.1, -0.05) is 42.8 Å². The number of hydrogen-bond donors (Lipinski definition) is 4. The molecule has 8 nitrogen and oxygen atoms in total. The maximum absolute atomic E-state index is 11.5. The molecule has 4 N–H and O–H groups in total. The third-order valence-electron chi connectivity index (χ3n) is 5.04. The molecule has 0 spiro atoms.